The van der Waals surface area contributed by atoms with Crippen LogP contribution < -0.4 is 5.73 Å². The van der Waals surface area contributed by atoms with E-state index in [4.69, 9.17) is 11.0 Å². The van der Waals surface area contributed by atoms with Gasteiger partial charge < -0.3 is 5.73 Å². The molecule has 1 unspecified atom stereocenters. The Bertz CT molecular complexity index is 158. The van der Waals surface area contributed by atoms with Crippen molar-refractivity contribution in [2.45, 2.75) is 43.4 Å². The van der Waals surface area contributed by atoms with Crippen LogP contribution in [0.15, 0.2) is 0 Å². The number of thioether (sulfide) groups is 1. The van der Waals surface area contributed by atoms with E-state index in [1.54, 1.807) is 0 Å². The predicted molar refractivity (Wildman–Crippen MR) is 52.9 cm³/mol. The van der Waals surface area contributed by atoms with Crippen molar-refractivity contribution >= 4 is 11.8 Å². The van der Waals surface area contributed by atoms with E-state index in [1.165, 1.54) is 32.1 Å². The standard InChI is InChI=1S/C9H16N2S/c10-6-8(11)7-12-9-4-2-1-3-5-9/h8-9H,1-5,7,11H2. The Morgan fingerprint density at radius 3 is 2.67 bits per heavy atom. The average molecular weight is 184 g/mol. The van der Waals surface area contributed by atoms with Crippen LogP contribution in [0, 0.1) is 11.3 Å². The molecule has 0 spiro atoms. The van der Waals surface area contributed by atoms with Gasteiger partial charge in [0.2, 0.25) is 0 Å². The first-order valence-corrected chi connectivity index (χ1v) is 5.64. The first kappa shape index (κ1) is 9.88. The van der Waals surface area contributed by atoms with Crippen LogP contribution in [0.1, 0.15) is 32.1 Å². The number of nitrogens with two attached hydrogens (primary N) is 1. The smallest absolute Gasteiger partial charge is 0.102 e. The number of nitrogens with zero attached hydrogens (tertiary/aromatic N) is 1. The average Bonchev–Trinajstić information content (AvgIpc) is 2.16. The summed E-state index contributed by atoms with van der Waals surface area (Å²) in [5.41, 5.74) is 5.51. The first-order valence-electron chi connectivity index (χ1n) is 4.59. The molecule has 0 amide bonds. The van der Waals surface area contributed by atoms with Crippen LogP contribution in [0.4, 0.5) is 0 Å². The molecule has 68 valence electrons. The molecule has 1 atom stereocenters. The molecule has 0 aromatic heterocycles. The third kappa shape index (κ3) is 3.46. The Morgan fingerprint density at radius 2 is 2.08 bits per heavy atom. The molecule has 0 bridgehead atoms. The van der Waals surface area contributed by atoms with E-state index in [0.717, 1.165) is 11.0 Å². The SMILES string of the molecule is N#CC(N)CSC1CCCCC1. The van der Waals surface area contributed by atoms with Gasteiger partial charge in [0.15, 0.2) is 0 Å². The molecule has 0 aliphatic heterocycles. The highest BCUT2D eigenvalue weighted by atomic mass is 32.2. The highest BCUT2D eigenvalue weighted by Crippen LogP contribution is 2.28. The van der Waals surface area contributed by atoms with Crippen molar-refractivity contribution in [1.29, 1.82) is 5.26 Å². The summed E-state index contributed by atoms with van der Waals surface area (Å²) in [5, 5.41) is 9.25. The maximum Gasteiger partial charge on any atom is 0.102 e. The van der Waals surface area contributed by atoms with Gasteiger partial charge >= 0.3 is 0 Å². The van der Waals surface area contributed by atoms with Crippen LogP contribution in [-0.2, 0) is 0 Å². The van der Waals surface area contributed by atoms with E-state index < -0.39 is 0 Å². The van der Waals surface area contributed by atoms with E-state index in [9.17, 15) is 0 Å². The molecule has 0 heterocycles. The van der Waals surface area contributed by atoms with Crippen molar-refractivity contribution in [3.05, 3.63) is 0 Å². The monoisotopic (exact) mass is 184 g/mol. The minimum Gasteiger partial charge on any atom is -0.315 e. The Labute approximate surface area is 78.5 Å². The van der Waals surface area contributed by atoms with Gasteiger partial charge in [0.25, 0.3) is 0 Å². The van der Waals surface area contributed by atoms with Crippen LogP contribution in [0.25, 0.3) is 0 Å². The van der Waals surface area contributed by atoms with Crippen molar-refractivity contribution in [1.82, 2.24) is 0 Å². The topological polar surface area (TPSA) is 49.8 Å². The zero-order valence-corrected chi connectivity index (χ0v) is 8.15. The zero-order chi connectivity index (χ0) is 8.81. The summed E-state index contributed by atoms with van der Waals surface area (Å²) in [5.74, 6) is 0.807. The molecule has 0 aromatic carbocycles. The summed E-state index contributed by atoms with van der Waals surface area (Å²) in [6, 6.07) is 1.79. The molecule has 1 aliphatic carbocycles. The molecule has 1 aliphatic rings. The van der Waals surface area contributed by atoms with Gasteiger partial charge in [0, 0.05) is 11.0 Å². The predicted octanol–water partition coefficient (Wildman–Crippen LogP) is 1.90. The number of hydrogen-bond donors (Lipinski definition) is 1. The second-order valence-electron chi connectivity index (χ2n) is 3.33. The molecule has 1 saturated carbocycles. The van der Waals surface area contributed by atoms with Crippen molar-refractivity contribution in [2.24, 2.45) is 5.73 Å². The Morgan fingerprint density at radius 1 is 1.42 bits per heavy atom. The van der Waals surface area contributed by atoms with Crippen molar-refractivity contribution < 1.29 is 0 Å². The molecule has 0 radical (unpaired) electrons. The Kier molecular flexibility index (Phi) is 4.49. The molecule has 1 rings (SSSR count). The second-order valence-corrected chi connectivity index (χ2v) is 4.66. The Hall–Kier alpha value is -0.200. The van der Waals surface area contributed by atoms with Crippen LogP contribution in [-0.4, -0.2) is 17.0 Å². The van der Waals surface area contributed by atoms with Crippen LogP contribution >= 0.6 is 11.8 Å². The molecule has 0 aromatic rings. The summed E-state index contributed by atoms with van der Waals surface area (Å²) in [6.07, 6.45) is 6.76. The lowest BCUT2D eigenvalue weighted by atomic mass is 10.0. The highest BCUT2D eigenvalue weighted by molar-refractivity contribution is 7.99. The molecular weight excluding hydrogens is 168 g/mol. The normalized spacial score (nSPS) is 21.7. The van der Waals surface area contributed by atoms with E-state index in [1.807, 2.05) is 11.8 Å². The lowest BCUT2D eigenvalue weighted by Gasteiger charge is -2.21. The van der Waals surface area contributed by atoms with Gasteiger partial charge in [-0.15, -0.1) is 0 Å². The van der Waals surface area contributed by atoms with E-state index in [-0.39, 0.29) is 6.04 Å². The summed E-state index contributed by atoms with van der Waals surface area (Å²) in [7, 11) is 0. The fraction of sp³-hybridized carbons (Fsp3) is 0.889. The third-order valence-corrected chi connectivity index (χ3v) is 3.72. The molecular formula is C9H16N2S. The van der Waals surface area contributed by atoms with Crippen LogP contribution in [0.3, 0.4) is 0 Å². The Balaban J connectivity index is 2.10. The van der Waals surface area contributed by atoms with Crippen LogP contribution in [0.2, 0.25) is 0 Å². The molecule has 12 heavy (non-hydrogen) atoms. The number of hydrogen-bond acceptors (Lipinski definition) is 3. The minimum absolute atomic E-state index is 0.267. The summed E-state index contributed by atoms with van der Waals surface area (Å²) >= 11 is 1.88. The lowest BCUT2D eigenvalue weighted by molar-refractivity contribution is 0.516. The van der Waals surface area contributed by atoms with Gasteiger partial charge in [0.05, 0.1) is 6.07 Å². The zero-order valence-electron chi connectivity index (χ0n) is 7.33. The van der Waals surface area contributed by atoms with E-state index in [2.05, 4.69) is 6.07 Å². The third-order valence-electron chi connectivity index (χ3n) is 2.23. The van der Waals surface area contributed by atoms with Gasteiger partial charge in [-0.25, -0.2) is 0 Å². The fourth-order valence-electron chi connectivity index (χ4n) is 1.51. The van der Waals surface area contributed by atoms with E-state index in [0.29, 0.717) is 0 Å². The largest absolute Gasteiger partial charge is 0.315 e. The maximum atomic E-state index is 8.48. The van der Waals surface area contributed by atoms with Gasteiger partial charge in [-0.3, -0.25) is 0 Å². The van der Waals surface area contributed by atoms with Gasteiger partial charge in [-0.2, -0.15) is 17.0 Å². The van der Waals surface area contributed by atoms with Crippen molar-refractivity contribution in [3.63, 3.8) is 0 Å². The second kappa shape index (κ2) is 5.45. The summed E-state index contributed by atoms with van der Waals surface area (Å²) in [6.45, 7) is 0. The first-order chi connectivity index (χ1) is 5.83. The molecule has 2 nitrogen and oxygen atoms in total. The quantitative estimate of drug-likeness (QED) is 0.729. The summed E-state index contributed by atoms with van der Waals surface area (Å²) < 4.78 is 0. The minimum atomic E-state index is -0.267. The van der Waals surface area contributed by atoms with E-state index >= 15 is 0 Å². The van der Waals surface area contributed by atoms with Crippen molar-refractivity contribution in [2.75, 3.05) is 5.75 Å². The van der Waals surface area contributed by atoms with Gasteiger partial charge in [-0.05, 0) is 12.8 Å². The maximum absolute atomic E-state index is 8.48. The molecule has 1 fully saturated rings. The van der Waals surface area contributed by atoms with Gasteiger partial charge in [-0.1, -0.05) is 19.3 Å². The molecule has 2 N–H and O–H groups in total. The van der Waals surface area contributed by atoms with Gasteiger partial charge in [0.1, 0.15) is 6.04 Å². The number of nitriles is 1. The summed E-state index contributed by atoms with van der Waals surface area (Å²) in [4.78, 5) is 0. The molecule has 3 heteroatoms. The lowest BCUT2D eigenvalue weighted by Crippen LogP contribution is -2.22. The van der Waals surface area contributed by atoms with Crippen molar-refractivity contribution in [3.8, 4) is 6.07 Å². The fourth-order valence-corrected chi connectivity index (χ4v) is 2.73. The molecule has 0 saturated heterocycles. The van der Waals surface area contributed by atoms with Crippen LogP contribution in [0.5, 0.6) is 0 Å². The number of rotatable bonds is 3. The highest BCUT2D eigenvalue weighted by Gasteiger charge is 2.14.